The van der Waals surface area contributed by atoms with Crippen molar-refractivity contribution in [1.29, 1.82) is 0 Å². The van der Waals surface area contributed by atoms with E-state index >= 15 is 0 Å². The molecule has 0 aliphatic heterocycles. The molecule has 0 aromatic carbocycles. The Morgan fingerprint density at radius 1 is 1.41 bits per heavy atom. The minimum atomic E-state index is 0.597. The average molecular weight is 250 g/mol. The molecule has 2 rings (SSSR count). The zero-order chi connectivity index (χ0) is 11.9. The molecular weight excluding hydrogens is 236 g/mol. The lowest BCUT2D eigenvalue weighted by Gasteiger charge is -2.09. The van der Waals surface area contributed by atoms with Gasteiger partial charge in [-0.1, -0.05) is 5.16 Å². The van der Waals surface area contributed by atoms with Crippen LogP contribution < -0.4 is 10.6 Å². The van der Waals surface area contributed by atoms with Gasteiger partial charge in [-0.15, -0.1) is 0 Å². The van der Waals surface area contributed by atoms with Crippen molar-refractivity contribution in [2.24, 2.45) is 4.99 Å². The molecule has 2 heterocycles. The van der Waals surface area contributed by atoms with Crippen molar-refractivity contribution in [3.05, 3.63) is 40.4 Å². The van der Waals surface area contributed by atoms with Crippen molar-refractivity contribution in [3.8, 4) is 0 Å². The molecule has 0 atom stereocenters. The molecule has 2 N–H and O–H groups in total. The van der Waals surface area contributed by atoms with Crippen LogP contribution in [0.15, 0.2) is 38.7 Å². The van der Waals surface area contributed by atoms with E-state index in [4.69, 9.17) is 4.52 Å². The summed E-state index contributed by atoms with van der Waals surface area (Å²) in [5, 5.41) is 14.4. The molecule has 0 radical (unpaired) electrons. The standard InChI is InChI=1S/C11H14N4OS/c1-12-11(13-6-9-3-5-17-8-9)14-7-10-2-4-16-15-10/h2-5,8H,6-7H2,1H3,(H2,12,13,14). The number of guanidine groups is 1. The van der Waals surface area contributed by atoms with E-state index in [1.807, 2.05) is 6.07 Å². The molecule has 0 aliphatic rings. The second-order valence-electron chi connectivity index (χ2n) is 3.40. The van der Waals surface area contributed by atoms with Gasteiger partial charge in [0.25, 0.3) is 0 Å². The van der Waals surface area contributed by atoms with Crippen molar-refractivity contribution in [1.82, 2.24) is 15.8 Å². The van der Waals surface area contributed by atoms with Gasteiger partial charge in [0.05, 0.1) is 6.54 Å². The third-order valence-electron chi connectivity index (χ3n) is 2.19. The maximum atomic E-state index is 4.75. The summed E-state index contributed by atoms with van der Waals surface area (Å²) in [5.74, 6) is 0.749. The fourth-order valence-electron chi connectivity index (χ4n) is 1.30. The van der Waals surface area contributed by atoms with Crippen LogP contribution in [0.25, 0.3) is 0 Å². The van der Waals surface area contributed by atoms with Crippen molar-refractivity contribution in [3.63, 3.8) is 0 Å². The van der Waals surface area contributed by atoms with Gasteiger partial charge in [-0.25, -0.2) is 0 Å². The molecule has 5 nitrogen and oxygen atoms in total. The molecule has 0 fully saturated rings. The van der Waals surface area contributed by atoms with Gasteiger partial charge in [0.1, 0.15) is 12.0 Å². The predicted molar refractivity (Wildman–Crippen MR) is 67.9 cm³/mol. The van der Waals surface area contributed by atoms with E-state index in [0.29, 0.717) is 6.54 Å². The summed E-state index contributed by atoms with van der Waals surface area (Å²) >= 11 is 1.69. The Labute approximate surface area is 104 Å². The lowest BCUT2D eigenvalue weighted by molar-refractivity contribution is 0.410. The van der Waals surface area contributed by atoms with Crippen molar-refractivity contribution in [2.45, 2.75) is 13.1 Å². The van der Waals surface area contributed by atoms with Gasteiger partial charge in [0.2, 0.25) is 0 Å². The first-order valence-corrected chi connectivity index (χ1v) is 6.17. The highest BCUT2D eigenvalue weighted by atomic mass is 32.1. The summed E-state index contributed by atoms with van der Waals surface area (Å²) in [6.07, 6.45) is 1.55. The summed E-state index contributed by atoms with van der Waals surface area (Å²) in [6.45, 7) is 1.36. The minimum Gasteiger partial charge on any atom is -0.364 e. The predicted octanol–water partition coefficient (Wildman–Crippen LogP) is 1.60. The molecule has 6 heteroatoms. The molecule has 0 unspecified atom stereocenters. The van der Waals surface area contributed by atoms with Gasteiger partial charge < -0.3 is 15.2 Å². The summed E-state index contributed by atoms with van der Waals surface area (Å²) in [5.41, 5.74) is 2.10. The average Bonchev–Trinajstić information content (AvgIpc) is 3.02. The summed E-state index contributed by atoms with van der Waals surface area (Å²) in [4.78, 5) is 4.13. The zero-order valence-corrected chi connectivity index (χ0v) is 10.3. The third-order valence-corrected chi connectivity index (χ3v) is 2.92. The van der Waals surface area contributed by atoms with Gasteiger partial charge in [0, 0.05) is 19.7 Å². The van der Waals surface area contributed by atoms with Gasteiger partial charge >= 0.3 is 0 Å². The SMILES string of the molecule is CN=C(NCc1ccsc1)NCc1ccon1. The lowest BCUT2D eigenvalue weighted by Crippen LogP contribution is -2.36. The molecule has 90 valence electrons. The molecule has 0 saturated carbocycles. The van der Waals surface area contributed by atoms with Gasteiger partial charge in [0.15, 0.2) is 5.96 Å². The number of rotatable bonds is 4. The Morgan fingerprint density at radius 3 is 2.94 bits per heavy atom. The molecule has 0 aliphatic carbocycles. The highest BCUT2D eigenvalue weighted by Crippen LogP contribution is 2.04. The monoisotopic (exact) mass is 250 g/mol. The second-order valence-corrected chi connectivity index (χ2v) is 4.18. The van der Waals surface area contributed by atoms with Crippen LogP contribution in [0.1, 0.15) is 11.3 Å². The summed E-state index contributed by atoms with van der Waals surface area (Å²) in [6, 6.07) is 3.90. The minimum absolute atomic E-state index is 0.597. The fourth-order valence-corrected chi connectivity index (χ4v) is 1.97. The first-order chi connectivity index (χ1) is 8.38. The number of nitrogens with one attached hydrogen (secondary N) is 2. The molecule has 2 aromatic heterocycles. The van der Waals surface area contributed by atoms with E-state index in [9.17, 15) is 0 Å². The number of aliphatic imine (C=N–C) groups is 1. The van der Waals surface area contributed by atoms with Gasteiger partial charge in [-0.05, 0) is 22.4 Å². The van der Waals surface area contributed by atoms with Crippen molar-refractivity contribution in [2.75, 3.05) is 7.05 Å². The van der Waals surface area contributed by atoms with Gasteiger partial charge in [-0.2, -0.15) is 11.3 Å². The van der Waals surface area contributed by atoms with E-state index in [2.05, 4.69) is 37.6 Å². The number of nitrogens with zero attached hydrogens (tertiary/aromatic N) is 2. The van der Waals surface area contributed by atoms with Crippen LogP contribution >= 0.6 is 11.3 Å². The van der Waals surface area contributed by atoms with Crippen LogP contribution in [0.5, 0.6) is 0 Å². The molecule has 0 spiro atoms. The molecule has 0 amide bonds. The normalized spacial score (nSPS) is 11.5. The summed E-state index contributed by atoms with van der Waals surface area (Å²) < 4.78 is 4.75. The number of hydrogen-bond donors (Lipinski definition) is 2. The first-order valence-electron chi connectivity index (χ1n) is 5.23. The first kappa shape index (κ1) is 11.7. The number of thiophene rings is 1. The van der Waals surface area contributed by atoms with E-state index in [-0.39, 0.29) is 0 Å². The van der Waals surface area contributed by atoms with E-state index < -0.39 is 0 Å². The molecule has 17 heavy (non-hydrogen) atoms. The van der Waals surface area contributed by atoms with Crippen LogP contribution in [0.3, 0.4) is 0 Å². The quantitative estimate of drug-likeness (QED) is 0.639. The Morgan fingerprint density at radius 2 is 2.29 bits per heavy atom. The Bertz CT molecular complexity index is 410. The molecule has 2 aromatic rings. The van der Waals surface area contributed by atoms with E-state index in [1.54, 1.807) is 24.6 Å². The van der Waals surface area contributed by atoms with E-state index in [1.165, 1.54) is 5.56 Å². The van der Waals surface area contributed by atoms with Crippen LogP contribution in [-0.4, -0.2) is 18.2 Å². The Kier molecular flexibility index (Phi) is 4.15. The highest BCUT2D eigenvalue weighted by Gasteiger charge is 2.00. The topological polar surface area (TPSA) is 62.5 Å². The van der Waals surface area contributed by atoms with Crippen LogP contribution in [0.4, 0.5) is 0 Å². The molecule has 0 bridgehead atoms. The third kappa shape index (κ3) is 3.60. The van der Waals surface area contributed by atoms with Crippen molar-refractivity contribution < 1.29 is 4.52 Å². The Balaban J connectivity index is 1.77. The van der Waals surface area contributed by atoms with Crippen molar-refractivity contribution >= 4 is 17.3 Å². The van der Waals surface area contributed by atoms with Gasteiger partial charge in [-0.3, -0.25) is 4.99 Å². The maximum Gasteiger partial charge on any atom is 0.191 e. The van der Waals surface area contributed by atoms with Crippen LogP contribution in [0.2, 0.25) is 0 Å². The summed E-state index contributed by atoms with van der Waals surface area (Å²) in [7, 11) is 1.74. The van der Waals surface area contributed by atoms with E-state index in [0.717, 1.165) is 18.2 Å². The largest absolute Gasteiger partial charge is 0.364 e. The molecule has 0 saturated heterocycles. The van der Waals surface area contributed by atoms with Crippen LogP contribution in [-0.2, 0) is 13.1 Å². The smallest absolute Gasteiger partial charge is 0.191 e. The second kappa shape index (κ2) is 6.05. The fraction of sp³-hybridized carbons (Fsp3) is 0.273. The van der Waals surface area contributed by atoms with Crippen LogP contribution in [0, 0.1) is 0 Å². The maximum absolute atomic E-state index is 4.75. The zero-order valence-electron chi connectivity index (χ0n) is 9.51. The lowest BCUT2D eigenvalue weighted by atomic mass is 10.3. The molecular formula is C11H14N4OS. The number of hydrogen-bond acceptors (Lipinski definition) is 4. The number of aromatic nitrogens is 1. The highest BCUT2D eigenvalue weighted by molar-refractivity contribution is 7.07. The Hall–Kier alpha value is -1.82.